The van der Waals surface area contributed by atoms with Crippen molar-refractivity contribution in [3.8, 4) is 11.1 Å². The Morgan fingerprint density at radius 3 is 1.31 bits per heavy atom. The van der Waals surface area contributed by atoms with E-state index < -0.39 is 0 Å². The molecular weight excluding hydrogens is 420 g/mol. The summed E-state index contributed by atoms with van der Waals surface area (Å²) in [4.78, 5) is 0. The highest BCUT2D eigenvalue weighted by Gasteiger charge is 2.51. The van der Waals surface area contributed by atoms with Crippen LogP contribution in [0.2, 0.25) is 0 Å². The van der Waals surface area contributed by atoms with Crippen LogP contribution in [0.25, 0.3) is 11.1 Å². The van der Waals surface area contributed by atoms with Gasteiger partial charge in [-0.1, -0.05) is 131 Å². The van der Waals surface area contributed by atoms with Crippen LogP contribution in [0.15, 0.2) is 109 Å². The van der Waals surface area contributed by atoms with E-state index in [1.165, 1.54) is 55.6 Å². The maximum absolute atomic E-state index is 2.40. The van der Waals surface area contributed by atoms with Gasteiger partial charge in [0, 0.05) is 17.3 Å². The molecule has 0 aliphatic heterocycles. The van der Waals surface area contributed by atoms with Gasteiger partial charge in [-0.2, -0.15) is 0 Å². The van der Waals surface area contributed by atoms with E-state index in [1.54, 1.807) is 0 Å². The number of allylic oxidation sites excluding steroid dienone is 4. The zero-order valence-electron chi connectivity index (χ0n) is 21.0. The first kappa shape index (κ1) is 21.9. The molecule has 0 saturated heterocycles. The smallest absolute Gasteiger partial charge is 0.0409 e. The van der Waals surface area contributed by atoms with Gasteiger partial charge in [-0.3, -0.25) is 0 Å². The lowest BCUT2D eigenvalue weighted by Crippen LogP contribution is -2.40. The first-order valence-corrected chi connectivity index (χ1v) is 12.7. The highest BCUT2D eigenvalue weighted by molar-refractivity contribution is 5.82. The van der Waals surface area contributed by atoms with Gasteiger partial charge in [-0.25, -0.2) is 0 Å². The summed E-state index contributed by atoms with van der Waals surface area (Å²) in [5.41, 5.74) is 13.3. The summed E-state index contributed by atoms with van der Waals surface area (Å²) in [7, 11) is 0. The van der Waals surface area contributed by atoms with Crippen molar-refractivity contribution < 1.29 is 0 Å². The summed E-state index contributed by atoms with van der Waals surface area (Å²) in [5.74, 6) is 0.454. The minimum absolute atomic E-state index is 0.205. The van der Waals surface area contributed by atoms with E-state index in [-0.39, 0.29) is 17.3 Å². The predicted octanol–water partition coefficient (Wildman–Crippen LogP) is 8.76. The number of rotatable bonds is 4. The van der Waals surface area contributed by atoms with E-state index in [1.807, 2.05) is 0 Å². The average Bonchev–Trinajstić information content (AvgIpc) is 3.49. The molecule has 0 spiro atoms. The lowest BCUT2D eigenvalue weighted by Gasteiger charge is -2.45. The van der Waals surface area contributed by atoms with Gasteiger partial charge in [0.2, 0.25) is 0 Å². The Hall–Kier alpha value is -3.64. The molecule has 172 valence electrons. The first-order valence-electron chi connectivity index (χ1n) is 12.7. The van der Waals surface area contributed by atoms with Gasteiger partial charge >= 0.3 is 0 Å². The Bertz CT molecular complexity index is 1350. The Morgan fingerprint density at radius 2 is 0.886 bits per heavy atom. The van der Waals surface area contributed by atoms with Crippen LogP contribution in [0.1, 0.15) is 50.4 Å². The van der Waals surface area contributed by atoms with Crippen LogP contribution in [0.4, 0.5) is 0 Å². The SMILES string of the molecule is Cc1ccc(C(c2ccc(C)cc2)(C2C=CC=C2)C2c3ccc(C)cc3-c3cc(C)ccc32)cc1. The number of benzene rings is 4. The topological polar surface area (TPSA) is 0 Å². The van der Waals surface area contributed by atoms with Crippen molar-refractivity contribution in [3.05, 3.63) is 154 Å². The second-order valence-corrected chi connectivity index (χ2v) is 10.5. The highest BCUT2D eigenvalue weighted by Crippen LogP contribution is 2.60. The van der Waals surface area contributed by atoms with Crippen LogP contribution >= 0.6 is 0 Å². The monoisotopic (exact) mass is 452 g/mol. The standard InChI is InChI=1S/C35H32/c1-23-9-15-28(16-10-23)35(27-7-5-6-8-27,29-17-11-24(2)12-18-29)34-30-19-13-25(3)21-32(30)33-22-26(4)14-20-31(33)34/h5-22,27,34H,1-4H3. The van der Waals surface area contributed by atoms with E-state index >= 15 is 0 Å². The third-order valence-corrected chi connectivity index (χ3v) is 8.12. The predicted molar refractivity (Wildman–Crippen MR) is 148 cm³/mol. The zero-order chi connectivity index (χ0) is 24.2. The lowest BCUT2D eigenvalue weighted by atomic mass is 9.56. The minimum atomic E-state index is -0.268. The van der Waals surface area contributed by atoms with Crippen LogP contribution in [0, 0.1) is 33.6 Å². The highest BCUT2D eigenvalue weighted by atomic mass is 14.5. The van der Waals surface area contributed by atoms with Crippen molar-refractivity contribution in [1.29, 1.82) is 0 Å². The van der Waals surface area contributed by atoms with E-state index in [0.29, 0.717) is 0 Å². The minimum Gasteiger partial charge on any atom is -0.0764 e. The molecule has 0 saturated carbocycles. The van der Waals surface area contributed by atoms with Gasteiger partial charge in [0.05, 0.1) is 0 Å². The Kier molecular flexibility index (Phi) is 5.15. The van der Waals surface area contributed by atoms with Crippen LogP contribution < -0.4 is 0 Å². The third-order valence-electron chi connectivity index (χ3n) is 8.12. The van der Waals surface area contributed by atoms with Crippen LogP contribution in [0.3, 0.4) is 0 Å². The van der Waals surface area contributed by atoms with Gasteiger partial charge in [0.25, 0.3) is 0 Å². The largest absolute Gasteiger partial charge is 0.0764 e. The van der Waals surface area contributed by atoms with Crippen LogP contribution in [0.5, 0.6) is 0 Å². The van der Waals surface area contributed by atoms with Crippen molar-refractivity contribution in [2.75, 3.05) is 0 Å². The maximum Gasteiger partial charge on any atom is 0.0409 e. The summed E-state index contributed by atoms with van der Waals surface area (Å²) in [6.07, 6.45) is 9.26. The average molecular weight is 453 g/mol. The van der Waals surface area contributed by atoms with E-state index in [0.717, 1.165) is 0 Å². The fraction of sp³-hybridized carbons (Fsp3) is 0.200. The quantitative estimate of drug-likeness (QED) is 0.290. The molecule has 6 rings (SSSR count). The van der Waals surface area contributed by atoms with Crippen LogP contribution in [-0.4, -0.2) is 0 Å². The van der Waals surface area contributed by atoms with Crippen molar-refractivity contribution >= 4 is 0 Å². The number of hydrogen-bond acceptors (Lipinski definition) is 0. The van der Waals surface area contributed by atoms with Gasteiger partial charge in [0.15, 0.2) is 0 Å². The van der Waals surface area contributed by atoms with Crippen molar-refractivity contribution in [2.24, 2.45) is 5.92 Å². The molecule has 4 aromatic carbocycles. The Balaban J connectivity index is 1.75. The molecule has 0 nitrogen and oxygen atoms in total. The molecule has 35 heavy (non-hydrogen) atoms. The van der Waals surface area contributed by atoms with E-state index in [9.17, 15) is 0 Å². The van der Waals surface area contributed by atoms with E-state index in [4.69, 9.17) is 0 Å². The number of hydrogen-bond donors (Lipinski definition) is 0. The summed E-state index contributed by atoms with van der Waals surface area (Å²) in [5, 5.41) is 0. The lowest BCUT2D eigenvalue weighted by molar-refractivity contribution is 0.395. The Labute approximate surface area is 209 Å². The van der Waals surface area contributed by atoms with Gasteiger partial charge in [-0.15, -0.1) is 0 Å². The molecule has 0 heterocycles. The number of aryl methyl sites for hydroxylation is 4. The maximum atomic E-state index is 2.40. The molecule has 0 atom stereocenters. The van der Waals surface area contributed by atoms with Crippen molar-refractivity contribution in [2.45, 2.75) is 39.0 Å². The second-order valence-electron chi connectivity index (χ2n) is 10.5. The fourth-order valence-corrected chi connectivity index (χ4v) is 6.44. The molecule has 0 bridgehead atoms. The molecular formula is C35H32. The molecule has 0 N–H and O–H groups in total. The third kappa shape index (κ3) is 3.35. The van der Waals surface area contributed by atoms with Crippen molar-refractivity contribution in [1.82, 2.24) is 0 Å². The van der Waals surface area contributed by atoms with Gasteiger partial charge in [-0.05, 0) is 61.1 Å². The second kappa shape index (κ2) is 8.24. The zero-order valence-corrected chi connectivity index (χ0v) is 21.0. The molecule has 0 heteroatoms. The first-order chi connectivity index (χ1) is 17.0. The molecule has 2 aliphatic rings. The molecule has 0 amide bonds. The molecule has 2 aliphatic carbocycles. The van der Waals surface area contributed by atoms with Gasteiger partial charge in [0.1, 0.15) is 0 Å². The van der Waals surface area contributed by atoms with Crippen molar-refractivity contribution in [3.63, 3.8) is 0 Å². The van der Waals surface area contributed by atoms with E-state index in [2.05, 4.69) is 137 Å². The molecule has 0 aromatic heterocycles. The molecule has 0 unspecified atom stereocenters. The normalized spacial score (nSPS) is 15.0. The summed E-state index contributed by atoms with van der Waals surface area (Å²) < 4.78 is 0. The molecule has 4 aromatic rings. The molecule has 0 radical (unpaired) electrons. The summed E-state index contributed by atoms with van der Waals surface area (Å²) in [6, 6.07) is 32.8. The molecule has 0 fully saturated rings. The van der Waals surface area contributed by atoms with Gasteiger partial charge < -0.3 is 0 Å². The van der Waals surface area contributed by atoms with Crippen LogP contribution in [-0.2, 0) is 5.41 Å². The Morgan fingerprint density at radius 1 is 0.486 bits per heavy atom. The summed E-state index contributed by atoms with van der Waals surface area (Å²) in [6.45, 7) is 8.77. The fourth-order valence-electron chi connectivity index (χ4n) is 6.44. The number of fused-ring (bicyclic) bond motifs is 3. The summed E-state index contributed by atoms with van der Waals surface area (Å²) >= 11 is 0.